The summed E-state index contributed by atoms with van der Waals surface area (Å²) in [6, 6.07) is 9.22. The average molecular weight is 558 g/mol. The van der Waals surface area contributed by atoms with Crippen LogP contribution >= 0.6 is 23.2 Å². The van der Waals surface area contributed by atoms with Crippen molar-refractivity contribution in [1.29, 1.82) is 0 Å². The predicted octanol–water partition coefficient (Wildman–Crippen LogP) is 3.82. The molecule has 0 fully saturated rings. The first-order valence-electron chi connectivity index (χ1n) is 11.4. The fraction of sp³-hybridized carbons (Fsp3) is 0.417. The molecule has 12 heteroatoms. The van der Waals surface area contributed by atoms with Crippen LogP contribution in [-0.2, 0) is 26.2 Å². The number of hydrogen-bond acceptors (Lipinski definition) is 6. The van der Waals surface area contributed by atoms with Crippen LogP contribution in [0.15, 0.2) is 36.4 Å². The lowest BCUT2D eigenvalue weighted by molar-refractivity contribution is -0.141. The Labute approximate surface area is 221 Å². The van der Waals surface area contributed by atoms with Crippen molar-refractivity contribution in [2.75, 3.05) is 30.9 Å². The highest BCUT2D eigenvalue weighted by atomic mass is 35.5. The smallest absolute Gasteiger partial charge is 0.242 e. The molecular weight excluding hydrogens is 529 g/mol. The summed E-state index contributed by atoms with van der Waals surface area (Å²) in [6.45, 7) is 2.12. The summed E-state index contributed by atoms with van der Waals surface area (Å²) in [5.74, 6) is 0.432. The van der Waals surface area contributed by atoms with E-state index in [1.807, 2.05) is 6.92 Å². The molecule has 0 aliphatic carbocycles. The zero-order valence-electron chi connectivity index (χ0n) is 20.3. The summed E-state index contributed by atoms with van der Waals surface area (Å²) in [5.41, 5.74) is 1.14. The van der Waals surface area contributed by atoms with Gasteiger partial charge in [0.15, 0.2) is 11.5 Å². The van der Waals surface area contributed by atoms with Crippen LogP contribution in [0.25, 0.3) is 0 Å². The van der Waals surface area contributed by atoms with Gasteiger partial charge in [-0.15, -0.1) is 0 Å². The van der Waals surface area contributed by atoms with Crippen molar-refractivity contribution in [3.8, 4) is 11.5 Å². The molecule has 0 radical (unpaired) electrons. The monoisotopic (exact) mass is 557 g/mol. The van der Waals surface area contributed by atoms with Crippen molar-refractivity contribution in [1.82, 2.24) is 10.2 Å². The van der Waals surface area contributed by atoms with Gasteiger partial charge >= 0.3 is 0 Å². The highest BCUT2D eigenvalue weighted by molar-refractivity contribution is 7.92. The molecule has 1 atom stereocenters. The Morgan fingerprint density at radius 3 is 2.44 bits per heavy atom. The molecule has 2 aromatic rings. The fourth-order valence-electron chi connectivity index (χ4n) is 3.97. The second kappa shape index (κ2) is 12.0. The fourth-order valence-corrected chi connectivity index (χ4v) is 5.24. The number of halogens is 2. The van der Waals surface area contributed by atoms with Gasteiger partial charge in [0.25, 0.3) is 0 Å². The largest absolute Gasteiger partial charge is 0.454 e. The maximum Gasteiger partial charge on any atom is 0.242 e. The molecule has 0 bridgehead atoms. The van der Waals surface area contributed by atoms with Gasteiger partial charge in [0.2, 0.25) is 28.6 Å². The van der Waals surface area contributed by atoms with E-state index in [-0.39, 0.29) is 44.5 Å². The summed E-state index contributed by atoms with van der Waals surface area (Å²) in [4.78, 5) is 27.3. The first-order valence-corrected chi connectivity index (χ1v) is 14.0. The van der Waals surface area contributed by atoms with Gasteiger partial charge in [0, 0.05) is 32.6 Å². The van der Waals surface area contributed by atoms with Gasteiger partial charge < -0.3 is 19.7 Å². The standard InChI is InChI=1S/C24H29Cl2N3O6S/c1-4-20(24(31)27-2)28(14-16-7-9-18(25)19(26)12-16)23(30)6-5-11-29(36(3,32)33)17-8-10-21-22(13-17)35-15-34-21/h7-10,12-13,20H,4-6,11,14-15H2,1-3H3,(H,27,31)/t20-/m1/s1. The minimum atomic E-state index is -3.63. The number of carbonyl (C=O) groups excluding carboxylic acids is 2. The Morgan fingerprint density at radius 2 is 1.81 bits per heavy atom. The van der Waals surface area contributed by atoms with E-state index >= 15 is 0 Å². The maximum atomic E-state index is 13.3. The normalized spacial score (nSPS) is 13.2. The number of anilines is 1. The third kappa shape index (κ3) is 6.74. The number of fused-ring (bicyclic) bond motifs is 1. The topological polar surface area (TPSA) is 105 Å². The number of rotatable bonds is 11. The van der Waals surface area contributed by atoms with E-state index in [0.29, 0.717) is 33.7 Å². The molecule has 2 amide bonds. The van der Waals surface area contributed by atoms with Gasteiger partial charge in [-0.25, -0.2) is 8.42 Å². The molecule has 1 heterocycles. The number of hydrogen-bond donors (Lipinski definition) is 1. The van der Waals surface area contributed by atoms with Crippen molar-refractivity contribution >= 4 is 50.7 Å². The van der Waals surface area contributed by atoms with Gasteiger partial charge in [-0.05, 0) is 42.7 Å². The highest BCUT2D eigenvalue weighted by Crippen LogP contribution is 2.36. The highest BCUT2D eigenvalue weighted by Gasteiger charge is 2.28. The van der Waals surface area contributed by atoms with Crippen molar-refractivity contribution in [3.63, 3.8) is 0 Å². The van der Waals surface area contributed by atoms with E-state index < -0.39 is 16.1 Å². The molecule has 1 aliphatic heterocycles. The third-order valence-electron chi connectivity index (χ3n) is 5.77. The number of ether oxygens (including phenoxy) is 2. The molecule has 36 heavy (non-hydrogen) atoms. The molecular formula is C24H29Cl2N3O6S. The third-order valence-corrected chi connectivity index (χ3v) is 7.70. The van der Waals surface area contributed by atoms with Crippen LogP contribution in [-0.4, -0.2) is 57.8 Å². The molecule has 1 aliphatic rings. The maximum absolute atomic E-state index is 13.3. The molecule has 1 N–H and O–H groups in total. The van der Waals surface area contributed by atoms with E-state index in [1.54, 1.807) is 36.4 Å². The summed E-state index contributed by atoms with van der Waals surface area (Å²) in [6.07, 6.45) is 1.78. The summed E-state index contributed by atoms with van der Waals surface area (Å²) >= 11 is 12.2. The number of benzene rings is 2. The zero-order valence-corrected chi connectivity index (χ0v) is 22.6. The van der Waals surface area contributed by atoms with Gasteiger partial charge in [0.05, 0.1) is 22.0 Å². The SMILES string of the molecule is CC[C@H](C(=O)NC)N(Cc1ccc(Cl)c(Cl)c1)C(=O)CCCN(c1ccc2c(c1)OCO2)S(C)(=O)=O. The van der Waals surface area contributed by atoms with Gasteiger partial charge in [-0.1, -0.05) is 36.2 Å². The number of nitrogens with zero attached hydrogens (tertiary/aromatic N) is 2. The summed E-state index contributed by atoms with van der Waals surface area (Å²) in [5, 5.41) is 3.34. The number of sulfonamides is 1. The molecule has 196 valence electrons. The second-order valence-corrected chi connectivity index (χ2v) is 11.0. The number of carbonyl (C=O) groups is 2. The molecule has 0 saturated carbocycles. The Bertz CT molecular complexity index is 1220. The van der Waals surface area contributed by atoms with Crippen molar-refractivity contribution in [2.45, 2.75) is 38.8 Å². The van der Waals surface area contributed by atoms with Crippen molar-refractivity contribution < 1.29 is 27.5 Å². The van der Waals surface area contributed by atoms with Crippen LogP contribution in [0, 0.1) is 0 Å². The predicted molar refractivity (Wildman–Crippen MR) is 139 cm³/mol. The van der Waals surface area contributed by atoms with E-state index in [9.17, 15) is 18.0 Å². The van der Waals surface area contributed by atoms with E-state index in [2.05, 4.69) is 5.32 Å². The summed E-state index contributed by atoms with van der Waals surface area (Å²) in [7, 11) is -2.11. The van der Waals surface area contributed by atoms with E-state index in [4.69, 9.17) is 32.7 Å². The number of likely N-dealkylation sites (N-methyl/N-ethyl adjacent to an activating group) is 1. The molecule has 2 aromatic carbocycles. The molecule has 3 rings (SSSR count). The Hall–Kier alpha value is -2.69. The molecule has 0 unspecified atom stereocenters. The Balaban J connectivity index is 1.76. The molecule has 9 nitrogen and oxygen atoms in total. The van der Waals surface area contributed by atoms with Crippen LogP contribution in [0.4, 0.5) is 5.69 Å². The average Bonchev–Trinajstić information content (AvgIpc) is 3.30. The van der Waals surface area contributed by atoms with Gasteiger partial charge in [-0.3, -0.25) is 13.9 Å². The first-order chi connectivity index (χ1) is 17.0. The number of amides is 2. The first kappa shape index (κ1) is 27.9. The molecule has 0 saturated heterocycles. The summed E-state index contributed by atoms with van der Waals surface area (Å²) < 4.78 is 36.9. The van der Waals surface area contributed by atoms with Crippen molar-refractivity contribution in [3.05, 3.63) is 52.0 Å². The zero-order chi connectivity index (χ0) is 26.5. The minimum Gasteiger partial charge on any atom is -0.454 e. The van der Waals surface area contributed by atoms with Crippen LogP contribution in [0.3, 0.4) is 0 Å². The lowest BCUT2D eigenvalue weighted by atomic mass is 10.1. The minimum absolute atomic E-state index is 0.0331. The quantitative estimate of drug-likeness (QED) is 0.450. The Morgan fingerprint density at radius 1 is 1.08 bits per heavy atom. The lowest BCUT2D eigenvalue weighted by Gasteiger charge is -2.31. The van der Waals surface area contributed by atoms with Crippen molar-refractivity contribution in [2.24, 2.45) is 0 Å². The van der Waals surface area contributed by atoms with Crippen LogP contribution in [0.5, 0.6) is 11.5 Å². The van der Waals surface area contributed by atoms with Crippen LogP contribution < -0.4 is 19.1 Å². The lowest BCUT2D eigenvalue weighted by Crippen LogP contribution is -2.48. The van der Waals surface area contributed by atoms with Crippen LogP contribution in [0.1, 0.15) is 31.7 Å². The molecule has 0 aromatic heterocycles. The number of nitrogens with one attached hydrogen (secondary N) is 1. The second-order valence-electron chi connectivity index (χ2n) is 8.28. The van der Waals surface area contributed by atoms with Gasteiger partial charge in [-0.2, -0.15) is 0 Å². The van der Waals surface area contributed by atoms with Crippen LogP contribution in [0.2, 0.25) is 10.0 Å². The Kier molecular flexibility index (Phi) is 9.32. The van der Waals surface area contributed by atoms with Gasteiger partial charge in [0.1, 0.15) is 6.04 Å². The van der Waals surface area contributed by atoms with E-state index in [0.717, 1.165) is 11.8 Å². The molecule has 0 spiro atoms. The van der Waals surface area contributed by atoms with E-state index in [1.165, 1.54) is 16.3 Å².